The van der Waals surface area contributed by atoms with Crippen LogP contribution in [0.5, 0.6) is 0 Å². The molecule has 4 heteroatoms. The van der Waals surface area contributed by atoms with Crippen LogP contribution in [0.15, 0.2) is 0 Å². The second-order valence-electron chi connectivity index (χ2n) is 5.17. The van der Waals surface area contributed by atoms with Crippen LogP contribution in [0.25, 0.3) is 0 Å². The minimum absolute atomic E-state index is 0.0486. The van der Waals surface area contributed by atoms with E-state index in [2.05, 4.69) is 0 Å². The third-order valence-electron chi connectivity index (χ3n) is 3.99. The normalized spacial score (nSPS) is 17.9. The van der Waals surface area contributed by atoms with E-state index in [1.54, 1.807) is 0 Å². The maximum absolute atomic E-state index is 10.9. The van der Waals surface area contributed by atoms with E-state index >= 15 is 0 Å². The highest BCUT2D eigenvalue weighted by molar-refractivity contribution is 5.69. The summed E-state index contributed by atoms with van der Waals surface area (Å²) < 4.78 is 0. The van der Waals surface area contributed by atoms with Crippen LogP contribution in [-0.2, 0) is 4.79 Å². The number of carboxylic acids is 1. The van der Waals surface area contributed by atoms with Gasteiger partial charge < -0.3 is 10.2 Å². The predicted molar refractivity (Wildman–Crippen MR) is 67.0 cm³/mol. The van der Waals surface area contributed by atoms with Crippen LogP contribution in [0, 0.1) is 0 Å². The zero-order valence-electron chi connectivity index (χ0n) is 11.0. The summed E-state index contributed by atoms with van der Waals surface area (Å²) in [4.78, 5) is 12.9. The maximum Gasteiger partial charge on any atom is 0.317 e. The van der Waals surface area contributed by atoms with Gasteiger partial charge in [-0.1, -0.05) is 26.7 Å². The van der Waals surface area contributed by atoms with Crippen molar-refractivity contribution in [1.82, 2.24) is 4.90 Å². The molecule has 0 radical (unpaired) electrons. The molecule has 1 aliphatic carbocycles. The molecule has 0 amide bonds. The summed E-state index contributed by atoms with van der Waals surface area (Å²) in [7, 11) is 0. The summed E-state index contributed by atoms with van der Waals surface area (Å²) in [6.07, 6.45) is 5.83. The number of hydrogen-bond donors (Lipinski definition) is 2. The van der Waals surface area contributed by atoms with Gasteiger partial charge in [0.25, 0.3) is 0 Å². The largest absolute Gasteiger partial charge is 0.480 e. The van der Waals surface area contributed by atoms with Crippen molar-refractivity contribution in [2.45, 2.75) is 64.0 Å². The molecule has 0 atom stereocenters. The van der Waals surface area contributed by atoms with Crippen molar-refractivity contribution in [3.8, 4) is 0 Å². The molecule has 0 spiro atoms. The Labute approximate surface area is 104 Å². The highest BCUT2D eigenvalue weighted by Gasteiger charge is 2.31. The van der Waals surface area contributed by atoms with Crippen molar-refractivity contribution in [3.63, 3.8) is 0 Å². The number of nitrogens with zero attached hydrogens (tertiary/aromatic N) is 1. The van der Waals surface area contributed by atoms with Crippen molar-refractivity contribution in [2.24, 2.45) is 0 Å². The van der Waals surface area contributed by atoms with Gasteiger partial charge in [0.05, 0.1) is 12.1 Å². The SMILES string of the molecule is CCC(O)(CC)CN(CC(=O)O)C1CCCC1. The molecule has 100 valence electrons. The number of hydrogen-bond acceptors (Lipinski definition) is 3. The Bertz CT molecular complexity index is 245. The Balaban J connectivity index is 2.65. The minimum atomic E-state index is -0.800. The Morgan fingerprint density at radius 3 is 2.24 bits per heavy atom. The van der Waals surface area contributed by atoms with E-state index in [1.807, 2.05) is 18.7 Å². The first-order valence-electron chi connectivity index (χ1n) is 6.69. The summed E-state index contributed by atoms with van der Waals surface area (Å²) in [5.41, 5.74) is -0.738. The zero-order valence-corrected chi connectivity index (χ0v) is 11.0. The van der Waals surface area contributed by atoms with Gasteiger partial charge in [-0.2, -0.15) is 0 Å². The Kier molecular flexibility index (Phi) is 5.40. The summed E-state index contributed by atoms with van der Waals surface area (Å²) in [6.45, 7) is 4.44. The molecule has 0 aliphatic heterocycles. The lowest BCUT2D eigenvalue weighted by atomic mass is 9.96. The molecule has 2 N–H and O–H groups in total. The fourth-order valence-electron chi connectivity index (χ4n) is 2.61. The van der Waals surface area contributed by atoms with Gasteiger partial charge in [-0.3, -0.25) is 9.69 Å². The summed E-state index contributed by atoms with van der Waals surface area (Å²) in [5, 5.41) is 19.3. The Morgan fingerprint density at radius 1 is 1.29 bits per heavy atom. The summed E-state index contributed by atoms with van der Waals surface area (Å²) in [6, 6.07) is 0.343. The van der Waals surface area contributed by atoms with Gasteiger partial charge in [-0.25, -0.2) is 0 Å². The molecule has 1 fully saturated rings. The van der Waals surface area contributed by atoms with Gasteiger partial charge in [0.1, 0.15) is 0 Å². The molecular formula is C13H25NO3. The molecular weight excluding hydrogens is 218 g/mol. The van der Waals surface area contributed by atoms with E-state index in [0.29, 0.717) is 25.4 Å². The standard InChI is InChI=1S/C13H25NO3/c1-3-13(17,4-2)10-14(9-12(15)16)11-7-5-6-8-11/h11,17H,3-10H2,1-2H3,(H,15,16). The first-order valence-corrected chi connectivity index (χ1v) is 6.69. The lowest BCUT2D eigenvalue weighted by molar-refractivity contribution is -0.140. The van der Waals surface area contributed by atoms with E-state index in [9.17, 15) is 9.90 Å². The molecule has 0 bridgehead atoms. The van der Waals surface area contributed by atoms with Crippen LogP contribution in [0.4, 0.5) is 0 Å². The van der Waals surface area contributed by atoms with Crippen LogP contribution in [0.1, 0.15) is 52.4 Å². The van der Waals surface area contributed by atoms with Crippen LogP contribution >= 0.6 is 0 Å². The lowest BCUT2D eigenvalue weighted by Gasteiger charge is -2.35. The smallest absolute Gasteiger partial charge is 0.317 e. The van der Waals surface area contributed by atoms with Crippen LogP contribution < -0.4 is 0 Å². The average molecular weight is 243 g/mol. The Hall–Kier alpha value is -0.610. The second-order valence-corrected chi connectivity index (χ2v) is 5.17. The van der Waals surface area contributed by atoms with E-state index in [0.717, 1.165) is 12.8 Å². The molecule has 0 saturated heterocycles. The molecule has 4 nitrogen and oxygen atoms in total. The van der Waals surface area contributed by atoms with Gasteiger partial charge in [0.15, 0.2) is 0 Å². The van der Waals surface area contributed by atoms with E-state index in [-0.39, 0.29) is 6.54 Å². The molecule has 0 aromatic rings. The van der Waals surface area contributed by atoms with Gasteiger partial charge in [-0.05, 0) is 25.7 Å². The van der Waals surface area contributed by atoms with E-state index in [4.69, 9.17) is 5.11 Å². The second kappa shape index (κ2) is 6.36. The third kappa shape index (κ3) is 4.28. The number of aliphatic carboxylic acids is 1. The maximum atomic E-state index is 10.9. The van der Waals surface area contributed by atoms with E-state index < -0.39 is 11.6 Å². The Morgan fingerprint density at radius 2 is 1.82 bits per heavy atom. The fraction of sp³-hybridized carbons (Fsp3) is 0.923. The molecule has 0 heterocycles. The van der Waals surface area contributed by atoms with Crippen molar-refractivity contribution < 1.29 is 15.0 Å². The van der Waals surface area contributed by atoms with Crippen molar-refractivity contribution in [2.75, 3.05) is 13.1 Å². The van der Waals surface area contributed by atoms with Gasteiger partial charge in [0.2, 0.25) is 0 Å². The monoisotopic (exact) mass is 243 g/mol. The highest BCUT2D eigenvalue weighted by atomic mass is 16.4. The number of rotatable bonds is 7. The van der Waals surface area contributed by atoms with Crippen LogP contribution in [-0.4, -0.2) is 45.8 Å². The lowest BCUT2D eigenvalue weighted by Crippen LogP contribution is -2.48. The van der Waals surface area contributed by atoms with Crippen molar-refractivity contribution in [1.29, 1.82) is 0 Å². The van der Waals surface area contributed by atoms with Crippen LogP contribution in [0.3, 0.4) is 0 Å². The first kappa shape index (κ1) is 14.5. The molecule has 1 aliphatic rings. The quantitative estimate of drug-likeness (QED) is 0.716. The van der Waals surface area contributed by atoms with Crippen molar-refractivity contribution >= 4 is 5.97 Å². The molecule has 1 rings (SSSR count). The summed E-state index contributed by atoms with van der Waals surface area (Å²) in [5.74, 6) is -0.800. The topological polar surface area (TPSA) is 60.8 Å². The highest BCUT2D eigenvalue weighted by Crippen LogP contribution is 2.26. The predicted octanol–water partition coefficient (Wildman–Crippen LogP) is 1.87. The van der Waals surface area contributed by atoms with Gasteiger partial charge >= 0.3 is 5.97 Å². The average Bonchev–Trinajstić information content (AvgIpc) is 2.81. The number of carbonyl (C=O) groups is 1. The number of aliphatic hydroxyl groups is 1. The molecule has 0 aromatic carbocycles. The van der Waals surface area contributed by atoms with E-state index in [1.165, 1.54) is 12.8 Å². The van der Waals surface area contributed by atoms with Crippen LogP contribution in [0.2, 0.25) is 0 Å². The minimum Gasteiger partial charge on any atom is -0.480 e. The molecule has 0 aromatic heterocycles. The summed E-state index contributed by atoms with van der Waals surface area (Å²) >= 11 is 0. The third-order valence-corrected chi connectivity index (χ3v) is 3.99. The zero-order chi connectivity index (χ0) is 12.9. The molecule has 17 heavy (non-hydrogen) atoms. The number of carboxylic acid groups (broad SMARTS) is 1. The van der Waals surface area contributed by atoms with Crippen molar-refractivity contribution in [3.05, 3.63) is 0 Å². The molecule has 1 saturated carbocycles. The first-order chi connectivity index (χ1) is 8.00. The van der Waals surface area contributed by atoms with Gasteiger partial charge in [0, 0.05) is 12.6 Å². The fourth-order valence-corrected chi connectivity index (χ4v) is 2.61. The molecule has 0 unspecified atom stereocenters. The van der Waals surface area contributed by atoms with Gasteiger partial charge in [-0.15, -0.1) is 0 Å².